The Morgan fingerprint density at radius 3 is 2.62 bits per heavy atom. The Morgan fingerprint density at radius 1 is 1.05 bits per heavy atom. The zero-order chi connectivity index (χ0) is 14.7. The summed E-state index contributed by atoms with van der Waals surface area (Å²) in [6.07, 6.45) is 1.88. The van der Waals surface area contributed by atoms with Gasteiger partial charge >= 0.3 is 0 Å². The predicted molar refractivity (Wildman–Crippen MR) is 79.9 cm³/mol. The first-order chi connectivity index (χ1) is 10.2. The number of nitrogens with zero attached hydrogens (tertiary/aromatic N) is 3. The normalized spacial score (nSPS) is 10.5. The van der Waals surface area contributed by atoms with Crippen LogP contribution in [0.4, 0.5) is 5.69 Å². The molecule has 0 aliphatic heterocycles. The fourth-order valence-electron chi connectivity index (χ4n) is 2.15. The molecular weight excluding hydrogens is 266 g/mol. The number of non-ortho nitro benzene ring substituents is 1. The maximum absolute atomic E-state index is 10.8. The summed E-state index contributed by atoms with van der Waals surface area (Å²) >= 11 is 0. The minimum Gasteiger partial charge on any atom is -0.268 e. The summed E-state index contributed by atoms with van der Waals surface area (Å²) in [6, 6.07) is 18.4. The number of rotatable bonds is 4. The third-order valence-electron chi connectivity index (χ3n) is 3.18. The van der Waals surface area contributed by atoms with Crippen molar-refractivity contribution in [3.05, 3.63) is 82.5 Å². The molecule has 0 spiro atoms. The van der Waals surface area contributed by atoms with Gasteiger partial charge in [-0.15, -0.1) is 0 Å². The zero-order valence-corrected chi connectivity index (χ0v) is 11.2. The average Bonchev–Trinajstić information content (AvgIpc) is 2.97. The van der Waals surface area contributed by atoms with Crippen LogP contribution in [0.15, 0.2) is 66.9 Å². The van der Waals surface area contributed by atoms with Crippen molar-refractivity contribution in [3.8, 4) is 11.3 Å². The Bertz CT molecular complexity index is 766. The molecule has 0 saturated carbocycles. The smallest absolute Gasteiger partial charge is 0.268 e. The summed E-state index contributed by atoms with van der Waals surface area (Å²) < 4.78 is 1.82. The molecule has 0 N–H and O–H groups in total. The fraction of sp³-hybridized carbons (Fsp3) is 0.0625. The molecule has 3 aromatic rings. The molecule has 3 rings (SSSR count). The van der Waals surface area contributed by atoms with E-state index in [0.29, 0.717) is 6.54 Å². The highest BCUT2D eigenvalue weighted by Gasteiger charge is 2.09. The summed E-state index contributed by atoms with van der Waals surface area (Å²) in [4.78, 5) is 10.4. The van der Waals surface area contributed by atoms with E-state index in [4.69, 9.17) is 0 Å². The van der Waals surface area contributed by atoms with Crippen LogP contribution in [0, 0.1) is 10.1 Å². The first-order valence-corrected chi connectivity index (χ1v) is 6.54. The van der Waals surface area contributed by atoms with Gasteiger partial charge in [0.2, 0.25) is 0 Å². The quantitative estimate of drug-likeness (QED) is 0.542. The highest BCUT2D eigenvalue weighted by atomic mass is 16.6. The van der Waals surface area contributed by atoms with Gasteiger partial charge in [-0.25, -0.2) is 0 Å². The van der Waals surface area contributed by atoms with Crippen molar-refractivity contribution in [3.63, 3.8) is 0 Å². The maximum Gasteiger partial charge on any atom is 0.270 e. The van der Waals surface area contributed by atoms with Crippen LogP contribution in [0.1, 0.15) is 5.56 Å². The summed E-state index contributed by atoms with van der Waals surface area (Å²) in [7, 11) is 0. The first-order valence-electron chi connectivity index (χ1n) is 6.54. The minimum atomic E-state index is -0.398. The number of aromatic nitrogens is 2. The van der Waals surface area contributed by atoms with Crippen molar-refractivity contribution in [1.82, 2.24) is 9.78 Å². The Labute approximate surface area is 121 Å². The van der Waals surface area contributed by atoms with Crippen molar-refractivity contribution in [2.45, 2.75) is 6.54 Å². The van der Waals surface area contributed by atoms with E-state index in [0.717, 1.165) is 16.8 Å². The number of hydrogen-bond donors (Lipinski definition) is 0. The number of hydrogen-bond acceptors (Lipinski definition) is 3. The molecule has 104 valence electrons. The van der Waals surface area contributed by atoms with E-state index < -0.39 is 4.92 Å². The summed E-state index contributed by atoms with van der Waals surface area (Å²) in [6.45, 7) is 0.676. The van der Waals surface area contributed by atoms with Crippen LogP contribution in [0.3, 0.4) is 0 Å². The lowest BCUT2D eigenvalue weighted by atomic mass is 10.1. The third kappa shape index (κ3) is 2.97. The van der Waals surface area contributed by atoms with Crippen molar-refractivity contribution < 1.29 is 4.92 Å². The monoisotopic (exact) mass is 279 g/mol. The minimum absolute atomic E-state index is 0.0742. The van der Waals surface area contributed by atoms with Crippen LogP contribution in [-0.4, -0.2) is 14.7 Å². The van der Waals surface area contributed by atoms with Crippen LogP contribution in [0.5, 0.6) is 0 Å². The van der Waals surface area contributed by atoms with Gasteiger partial charge in [0.15, 0.2) is 0 Å². The highest BCUT2D eigenvalue weighted by Crippen LogP contribution is 2.22. The molecule has 0 aliphatic rings. The van der Waals surface area contributed by atoms with Crippen molar-refractivity contribution >= 4 is 5.69 Å². The van der Waals surface area contributed by atoms with Gasteiger partial charge in [0, 0.05) is 23.9 Å². The lowest BCUT2D eigenvalue weighted by Gasteiger charge is -2.01. The average molecular weight is 279 g/mol. The Kier molecular flexibility index (Phi) is 3.47. The van der Waals surface area contributed by atoms with E-state index in [2.05, 4.69) is 5.10 Å². The summed E-state index contributed by atoms with van der Waals surface area (Å²) in [5, 5.41) is 15.3. The first kappa shape index (κ1) is 13.1. The second kappa shape index (κ2) is 5.58. The molecular formula is C16H13N3O2. The van der Waals surface area contributed by atoms with Gasteiger partial charge in [0.25, 0.3) is 5.69 Å². The van der Waals surface area contributed by atoms with Crippen LogP contribution >= 0.6 is 0 Å². The maximum atomic E-state index is 10.8. The SMILES string of the molecule is O=[N+]([O-])c1cccc(-c2ccn(Cc3ccccc3)n2)c1. The Hall–Kier alpha value is -2.95. The van der Waals surface area contributed by atoms with Crippen LogP contribution in [0.2, 0.25) is 0 Å². The van der Waals surface area contributed by atoms with Crippen molar-refractivity contribution in [2.24, 2.45) is 0 Å². The molecule has 0 fully saturated rings. The second-order valence-electron chi connectivity index (χ2n) is 4.69. The molecule has 5 nitrogen and oxygen atoms in total. The fourth-order valence-corrected chi connectivity index (χ4v) is 2.15. The van der Waals surface area contributed by atoms with Gasteiger partial charge in [-0.3, -0.25) is 14.8 Å². The van der Waals surface area contributed by atoms with Gasteiger partial charge in [-0.2, -0.15) is 5.10 Å². The van der Waals surface area contributed by atoms with E-state index >= 15 is 0 Å². The number of benzene rings is 2. The molecule has 0 saturated heterocycles. The van der Waals surface area contributed by atoms with Crippen LogP contribution in [0.25, 0.3) is 11.3 Å². The third-order valence-corrected chi connectivity index (χ3v) is 3.18. The molecule has 1 heterocycles. The number of nitro benzene ring substituents is 1. The predicted octanol–water partition coefficient (Wildman–Crippen LogP) is 3.51. The summed E-state index contributed by atoms with van der Waals surface area (Å²) in [5.41, 5.74) is 2.71. The molecule has 5 heteroatoms. The molecule has 0 radical (unpaired) electrons. The molecule has 0 aliphatic carbocycles. The van der Waals surface area contributed by atoms with E-state index in [1.54, 1.807) is 6.07 Å². The lowest BCUT2D eigenvalue weighted by molar-refractivity contribution is -0.384. The standard InChI is InChI=1S/C16H13N3O2/c20-19(21)15-8-4-7-14(11-15)16-9-10-18(17-16)12-13-5-2-1-3-6-13/h1-11H,12H2. The van der Waals surface area contributed by atoms with E-state index in [-0.39, 0.29) is 5.69 Å². The number of nitro groups is 1. The van der Waals surface area contributed by atoms with Gasteiger partial charge in [0.1, 0.15) is 0 Å². The topological polar surface area (TPSA) is 61.0 Å². The Morgan fingerprint density at radius 2 is 1.86 bits per heavy atom. The molecule has 0 unspecified atom stereocenters. The van der Waals surface area contributed by atoms with Gasteiger partial charge in [0.05, 0.1) is 17.2 Å². The van der Waals surface area contributed by atoms with Crippen LogP contribution in [-0.2, 0) is 6.54 Å². The largest absolute Gasteiger partial charge is 0.270 e. The molecule has 0 bridgehead atoms. The second-order valence-corrected chi connectivity index (χ2v) is 4.69. The van der Waals surface area contributed by atoms with Gasteiger partial charge < -0.3 is 0 Å². The van der Waals surface area contributed by atoms with Gasteiger partial charge in [-0.1, -0.05) is 42.5 Å². The van der Waals surface area contributed by atoms with Crippen molar-refractivity contribution in [1.29, 1.82) is 0 Å². The molecule has 0 amide bonds. The molecule has 1 aromatic heterocycles. The van der Waals surface area contributed by atoms with E-state index in [9.17, 15) is 10.1 Å². The lowest BCUT2D eigenvalue weighted by Crippen LogP contribution is -2.00. The van der Waals surface area contributed by atoms with E-state index in [1.165, 1.54) is 12.1 Å². The zero-order valence-electron chi connectivity index (χ0n) is 11.2. The van der Waals surface area contributed by atoms with E-state index in [1.807, 2.05) is 53.3 Å². The molecule has 2 aromatic carbocycles. The molecule has 21 heavy (non-hydrogen) atoms. The Balaban J connectivity index is 1.85. The van der Waals surface area contributed by atoms with Gasteiger partial charge in [-0.05, 0) is 11.6 Å². The summed E-state index contributed by atoms with van der Waals surface area (Å²) in [5.74, 6) is 0. The van der Waals surface area contributed by atoms with Crippen LogP contribution < -0.4 is 0 Å². The molecule has 0 atom stereocenters. The highest BCUT2D eigenvalue weighted by molar-refractivity contribution is 5.61. The van der Waals surface area contributed by atoms with Crippen molar-refractivity contribution in [2.75, 3.05) is 0 Å².